The summed E-state index contributed by atoms with van der Waals surface area (Å²) in [7, 11) is 4.00. The van der Waals surface area contributed by atoms with Crippen molar-refractivity contribution in [3.05, 3.63) is 12.4 Å². The second kappa shape index (κ2) is 7.99. The summed E-state index contributed by atoms with van der Waals surface area (Å²) >= 11 is 0. The van der Waals surface area contributed by atoms with Crippen LogP contribution in [0, 0.1) is 0 Å². The van der Waals surface area contributed by atoms with Crippen LogP contribution in [0.4, 0.5) is 10.5 Å². The van der Waals surface area contributed by atoms with Gasteiger partial charge in [-0.15, -0.1) is 0 Å². The summed E-state index contributed by atoms with van der Waals surface area (Å²) in [4.78, 5) is 14.1. The molecule has 7 heteroatoms. The summed E-state index contributed by atoms with van der Waals surface area (Å²) < 4.78 is 1.79. The summed E-state index contributed by atoms with van der Waals surface area (Å²) in [5.41, 5.74) is 0.0793. The number of nitrogens with zero attached hydrogens (tertiary/aromatic N) is 3. The molecule has 0 unspecified atom stereocenters. The largest absolute Gasteiger partial charge is 0.394 e. The molecular formula is C14H27N5O2. The van der Waals surface area contributed by atoms with E-state index >= 15 is 0 Å². The molecule has 0 aromatic carbocycles. The zero-order chi connectivity index (χ0) is 15.9. The van der Waals surface area contributed by atoms with Crippen LogP contribution in [0.3, 0.4) is 0 Å². The van der Waals surface area contributed by atoms with Gasteiger partial charge in [0.15, 0.2) is 0 Å². The van der Waals surface area contributed by atoms with Crippen molar-refractivity contribution in [2.75, 3.05) is 32.6 Å². The third-order valence-electron chi connectivity index (χ3n) is 3.70. The van der Waals surface area contributed by atoms with Gasteiger partial charge in [0, 0.05) is 12.7 Å². The maximum absolute atomic E-state index is 12.0. The Balaban J connectivity index is 2.55. The van der Waals surface area contributed by atoms with Crippen molar-refractivity contribution >= 4 is 11.7 Å². The van der Waals surface area contributed by atoms with Crippen molar-refractivity contribution in [1.82, 2.24) is 20.0 Å². The molecule has 1 rings (SSSR count). The van der Waals surface area contributed by atoms with E-state index in [0.29, 0.717) is 18.5 Å². The minimum absolute atomic E-state index is 0.0739. The first-order chi connectivity index (χ1) is 9.94. The Morgan fingerprint density at radius 3 is 2.62 bits per heavy atom. The van der Waals surface area contributed by atoms with Crippen molar-refractivity contribution < 1.29 is 9.90 Å². The fourth-order valence-corrected chi connectivity index (χ4v) is 1.95. The maximum Gasteiger partial charge on any atom is 0.319 e. The summed E-state index contributed by atoms with van der Waals surface area (Å²) in [5, 5.41) is 19.2. The molecular weight excluding hydrogens is 270 g/mol. The van der Waals surface area contributed by atoms with Crippen LogP contribution >= 0.6 is 0 Å². The Labute approximate surface area is 126 Å². The molecule has 0 spiro atoms. The van der Waals surface area contributed by atoms with E-state index in [2.05, 4.69) is 20.6 Å². The lowest BCUT2D eigenvalue weighted by Crippen LogP contribution is -2.51. The molecule has 0 fully saturated rings. The first kappa shape index (κ1) is 17.5. The van der Waals surface area contributed by atoms with Gasteiger partial charge in [-0.25, -0.2) is 4.79 Å². The van der Waals surface area contributed by atoms with Crippen LogP contribution in [-0.2, 0) is 6.54 Å². The van der Waals surface area contributed by atoms with Crippen LogP contribution < -0.4 is 10.6 Å². The lowest BCUT2D eigenvalue weighted by atomic mass is 9.94. The Morgan fingerprint density at radius 1 is 1.43 bits per heavy atom. The highest BCUT2D eigenvalue weighted by Gasteiger charge is 2.27. The van der Waals surface area contributed by atoms with Crippen LogP contribution in [-0.4, -0.2) is 58.6 Å². The first-order valence-corrected chi connectivity index (χ1v) is 7.32. The SMILES string of the molecule is CCC(CC)(CO)NC(=O)Nc1cnn(CCN(C)C)c1. The molecule has 0 bridgehead atoms. The van der Waals surface area contributed by atoms with Gasteiger partial charge in [0.25, 0.3) is 0 Å². The third kappa shape index (κ3) is 5.35. The number of urea groups is 1. The summed E-state index contributed by atoms with van der Waals surface area (Å²) in [5.74, 6) is 0. The Kier molecular flexibility index (Phi) is 6.64. The number of amides is 2. The topological polar surface area (TPSA) is 82.4 Å². The standard InChI is InChI=1S/C14H27N5O2/c1-5-14(6-2,11-20)17-13(21)16-12-9-15-19(10-12)8-7-18(3)4/h9-10,20H,5-8,11H2,1-4H3,(H2,16,17,21). The molecule has 120 valence electrons. The molecule has 21 heavy (non-hydrogen) atoms. The van der Waals surface area contributed by atoms with Crippen LogP contribution in [0.15, 0.2) is 12.4 Å². The average Bonchev–Trinajstić information content (AvgIpc) is 2.90. The normalized spacial score (nSPS) is 11.7. The van der Waals surface area contributed by atoms with Gasteiger partial charge in [0.1, 0.15) is 0 Å². The molecule has 0 atom stereocenters. The van der Waals surface area contributed by atoms with Gasteiger partial charge < -0.3 is 20.6 Å². The lowest BCUT2D eigenvalue weighted by molar-refractivity contribution is 0.155. The highest BCUT2D eigenvalue weighted by Crippen LogP contribution is 2.14. The van der Waals surface area contributed by atoms with Gasteiger partial charge in [-0.1, -0.05) is 13.8 Å². The fraction of sp³-hybridized carbons (Fsp3) is 0.714. The number of anilines is 1. The van der Waals surface area contributed by atoms with E-state index in [0.717, 1.165) is 13.1 Å². The van der Waals surface area contributed by atoms with Crippen molar-refractivity contribution in [3.8, 4) is 0 Å². The maximum atomic E-state index is 12.0. The molecule has 0 aliphatic carbocycles. The number of carbonyl (C=O) groups excluding carboxylic acids is 1. The molecule has 3 N–H and O–H groups in total. The monoisotopic (exact) mass is 297 g/mol. The van der Waals surface area contributed by atoms with Gasteiger partial charge in [0.05, 0.1) is 30.6 Å². The number of nitrogens with one attached hydrogen (secondary N) is 2. The summed E-state index contributed by atoms with van der Waals surface area (Å²) in [6, 6.07) is -0.320. The van der Waals surface area contributed by atoms with E-state index in [1.807, 2.05) is 27.9 Å². The van der Waals surface area contributed by atoms with Crippen molar-refractivity contribution in [2.45, 2.75) is 38.8 Å². The number of rotatable bonds is 8. The number of aliphatic hydroxyl groups excluding tert-OH is 1. The number of carbonyl (C=O) groups is 1. The average molecular weight is 297 g/mol. The number of hydrogen-bond acceptors (Lipinski definition) is 4. The molecule has 2 amide bonds. The predicted octanol–water partition coefficient (Wildman–Crippen LogP) is 1.12. The summed E-state index contributed by atoms with van der Waals surface area (Å²) in [6.45, 7) is 5.46. The van der Waals surface area contributed by atoms with Crippen molar-refractivity contribution in [3.63, 3.8) is 0 Å². The van der Waals surface area contributed by atoms with E-state index in [4.69, 9.17) is 0 Å². The third-order valence-corrected chi connectivity index (χ3v) is 3.70. The minimum atomic E-state index is -0.564. The molecule has 1 aromatic rings. The number of likely N-dealkylation sites (N-methyl/N-ethyl adjacent to an activating group) is 1. The second-order valence-corrected chi connectivity index (χ2v) is 5.52. The van der Waals surface area contributed by atoms with E-state index in [1.165, 1.54) is 0 Å². The second-order valence-electron chi connectivity index (χ2n) is 5.52. The first-order valence-electron chi connectivity index (χ1n) is 7.32. The zero-order valence-corrected chi connectivity index (χ0v) is 13.4. The summed E-state index contributed by atoms with van der Waals surface area (Å²) in [6.07, 6.45) is 4.76. The quantitative estimate of drug-likeness (QED) is 0.671. The molecule has 0 radical (unpaired) electrons. The van der Waals surface area contributed by atoms with Crippen LogP contribution in [0.25, 0.3) is 0 Å². The molecule has 0 saturated heterocycles. The van der Waals surface area contributed by atoms with Gasteiger partial charge in [0.2, 0.25) is 0 Å². The van der Waals surface area contributed by atoms with Crippen LogP contribution in [0.5, 0.6) is 0 Å². The Bertz CT molecular complexity index is 432. The molecule has 0 aliphatic rings. The van der Waals surface area contributed by atoms with Crippen LogP contribution in [0.2, 0.25) is 0 Å². The van der Waals surface area contributed by atoms with Crippen molar-refractivity contribution in [1.29, 1.82) is 0 Å². The highest BCUT2D eigenvalue weighted by molar-refractivity contribution is 5.89. The van der Waals surface area contributed by atoms with Gasteiger partial charge in [-0.3, -0.25) is 4.68 Å². The van der Waals surface area contributed by atoms with Gasteiger partial charge in [-0.05, 0) is 26.9 Å². The predicted molar refractivity (Wildman–Crippen MR) is 83.3 cm³/mol. The van der Waals surface area contributed by atoms with E-state index < -0.39 is 5.54 Å². The van der Waals surface area contributed by atoms with E-state index in [1.54, 1.807) is 17.1 Å². The molecule has 1 heterocycles. The van der Waals surface area contributed by atoms with Gasteiger partial charge >= 0.3 is 6.03 Å². The number of aromatic nitrogens is 2. The minimum Gasteiger partial charge on any atom is -0.394 e. The van der Waals surface area contributed by atoms with E-state index in [9.17, 15) is 9.90 Å². The van der Waals surface area contributed by atoms with Crippen molar-refractivity contribution in [2.24, 2.45) is 0 Å². The number of aliphatic hydroxyl groups is 1. The molecule has 7 nitrogen and oxygen atoms in total. The zero-order valence-electron chi connectivity index (χ0n) is 13.4. The Hall–Kier alpha value is -1.60. The molecule has 0 saturated carbocycles. The molecule has 0 aliphatic heterocycles. The van der Waals surface area contributed by atoms with Gasteiger partial charge in [-0.2, -0.15) is 5.10 Å². The van der Waals surface area contributed by atoms with Crippen LogP contribution in [0.1, 0.15) is 26.7 Å². The Morgan fingerprint density at radius 2 is 2.10 bits per heavy atom. The lowest BCUT2D eigenvalue weighted by Gasteiger charge is -2.30. The van der Waals surface area contributed by atoms with E-state index in [-0.39, 0.29) is 12.6 Å². The number of hydrogen-bond donors (Lipinski definition) is 3. The highest BCUT2D eigenvalue weighted by atomic mass is 16.3. The fourth-order valence-electron chi connectivity index (χ4n) is 1.95. The molecule has 1 aromatic heterocycles. The smallest absolute Gasteiger partial charge is 0.319 e.